The van der Waals surface area contributed by atoms with Crippen molar-refractivity contribution in [2.45, 2.75) is 57.3 Å². The third kappa shape index (κ3) is 9.49. The molecule has 0 amide bonds. The third-order valence-electron chi connectivity index (χ3n) is 6.88. The van der Waals surface area contributed by atoms with E-state index in [2.05, 4.69) is 63.1 Å². The summed E-state index contributed by atoms with van der Waals surface area (Å²) in [5.41, 5.74) is 17.7. The van der Waals surface area contributed by atoms with Crippen molar-refractivity contribution in [3.8, 4) is 0 Å². The minimum Gasteiger partial charge on any atom is -0.401 e. The van der Waals surface area contributed by atoms with E-state index in [4.69, 9.17) is 11.5 Å². The molecule has 0 spiro atoms. The van der Waals surface area contributed by atoms with Crippen molar-refractivity contribution in [3.63, 3.8) is 0 Å². The van der Waals surface area contributed by atoms with Gasteiger partial charge in [0.2, 0.25) is 11.9 Å². The van der Waals surface area contributed by atoms with Crippen LogP contribution in [0, 0.1) is 0 Å². The molecule has 0 atom stereocenters. The Kier molecular flexibility index (Phi) is 12.3. The molecule has 0 fully saturated rings. The molecule has 12 nitrogen and oxygen atoms in total. The molecule has 0 aliphatic heterocycles. The molecule has 0 bridgehead atoms. The second-order valence-corrected chi connectivity index (χ2v) is 12.3. The first-order chi connectivity index (χ1) is 20.9. The zero-order valence-corrected chi connectivity index (χ0v) is 27.8. The highest BCUT2D eigenvalue weighted by Crippen LogP contribution is 2.29. The van der Waals surface area contributed by atoms with Gasteiger partial charge in [0.15, 0.2) is 5.16 Å². The molecule has 0 saturated carbocycles. The molecular formula is C30H43N9O3S2. The largest absolute Gasteiger partial charge is 0.401 e. The number of nitrogens with one attached hydrogen (secondary N) is 2. The fourth-order valence-electron chi connectivity index (χ4n) is 4.43. The van der Waals surface area contributed by atoms with Gasteiger partial charge >= 0.3 is 0 Å². The lowest BCUT2D eigenvalue weighted by atomic mass is 10.2. The van der Waals surface area contributed by atoms with Crippen molar-refractivity contribution in [2.24, 2.45) is 5.73 Å². The van der Waals surface area contributed by atoms with Crippen molar-refractivity contribution >= 4 is 50.8 Å². The van der Waals surface area contributed by atoms with E-state index in [1.165, 1.54) is 23.9 Å². The summed E-state index contributed by atoms with van der Waals surface area (Å²) in [6.07, 6.45) is 1.96. The first-order valence-electron chi connectivity index (χ1n) is 14.4. The van der Waals surface area contributed by atoms with Gasteiger partial charge in [0, 0.05) is 49.0 Å². The topological polar surface area (TPSA) is 176 Å². The highest BCUT2D eigenvalue weighted by molar-refractivity contribution is 7.98. The summed E-state index contributed by atoms with van der Waals surface area (Å²) in [7, 11) is -4.33. The van der Waals surface area contributed by atoms with Crippen molar-refractivity contribution in [2.75, 3.05) is 47.4 Å². The van der Waals surface area contributed by atoms with Crippen LogP contribution in [0.25, 0.3) is 0 Å². The van der Waals surface area contributed by atoms with Gasteiger partial charge in [-0.25, -0.2) is 0 Å². The minimum atomic E-state index is -4.33. The average Bonchev–Trinajstić information content (AvgIpc) is 2.98. The van der Waals surface area contributed by atoms with Gasteiger partial charge in [-0.1, -0.05) is 23.9 Å². The first-order valence-corrected chi connectivity index (χ1v) is 16.8. The van der Waals surface area contributed by atoms with Gasteiger partial charge < -0.3 is 31.9 Å². The van der Waals surface area contributed by atoms with Crippen molar-refractivity contribution in [3.05, 3.63) is 71.2 Å². The molecular weight excluding hydrogens is 599 g/mol. The van der Waals surface area contributed by atoms with E-state index < -0.39 is 10.1 Å². The predicted molar refractivity (Wildman–Crippen MR) is 181 cm³/mol. The Morgan fingerprint density at radius 1 is 0.977 bits per heavy atom. The molecule has 3 rings (SSSR count). The van der Waals surface area contributed by atoms with E-state index in [1.54, 1.807) is 19.1 Å². The number of nitrogens with zero attached hydrogens (tertiary/aromatic N) is 5. The normalized spacial score (nSPS) is 12.5. The molecule has 0 unspecified atom stereocenters. The SMILES string of the molecule is CCN(CC)/C(C)=C/C(Nc1nc(Nc2cc(N(CC)CC)ccc2N)nc(SCc2cccc(S(=O)(=O)O)c2)n1)=C(\C)N. The van der Waals surface area contributed by atoms with Gasteiger partial charge in [-0.15, -0.1) is 0 Å². The van der Waals surface area contributed by atoms with Crippen LogP contribution < -0.4 is 27.0 Å². The summed E-state index contributed by atoms with van der Waals surface area (Å²) < 4.78 is 32.7. The molecule has 14 heteroatoms. The van der Waals surface area contributed by atoms with E-state index in [0.29, 0.717) is 39.2 Å². The Hall–Kier alpha value is -4.01. The van der Waals surface area contributed by atoms with Gasteiger partial charge in [0.05, 0.1) is 22.0 Å². The van der Waals surface area contributed by atoms with Crippen molar-refractivity contribution in [1.82, 2.24) is 19.9 Å². The molecule has 0 aliphatic carbocycles. The number of rotatable bonds is 15. The minimum absolute atomic E-state index is 0.178. The number of nitrogens with two attached hydrogens (primary N) is 2. The van der Waals surface area contributed by atoms with E-state index in [9.17, 15) is 13.0 Å². The molecule has 1 aromatic heterocycles. The van der Waals surface area contributed by atoms with E-state index in [0.717, 1.165) is 37.6 Å². The number of benzene rings is 2. The molecule has 1 heterocycles. The lowest BCUT2D eigenvalue weighted by molar-refractivity contribution is 0.383. The summed E-state index contributed by atoms with van der Waals surface area (Å²) in [4.78, 5) is 18.1. The molecule has 44 heavy (non-hydrogen) atoms. The third-order valence-corrected chi connectivity index (χ3v) is 8.65. The maximum atomic E-state index is 11.6. The number of hydrogen-bond acceptors (Lipinski definition) is 12. The number of thioether (sulfide) groups is 1. The quantitative estimate of drug-likeness (QED) is 0.0615. The average molecular weight is 642 g/mol. The van der Waals surface area contributed by atoms with Gasteiger partial charge in [-0.2, -0.15) is 23.4 Å². The summed E-state index contributed by atoms with van der Waals surface area (Å²) in [6.45, 7) is 15.6. The van der Waals surface area contributed by atoms with E-state index in [1.807, 2.05) is 31.2 Å². The fraction of sp³-hybridized carbons (Fsp3) is 0.367. The maximum absolute atomic E-state index is 11.6. The summed E-state index contributed by atoms with van der Waals surface area (Å²) in [5, 5.41) is 6.88. The molecule has 7 N–H and O–H groups in total. The summed E-state index contributed by atoms with van der Waals surface area (Å²) >= 11 is 1.28. The van der Waals surface area contributed by atoms with Crippen LogP contribution in [0.4, 0.5) is 29.0 Å². The molecule has 2 aromatic carbocycles. The lowest BCUT2D eigenvalue weighted by Crippen LogP contribution is -2.22. The zero-order valence-electron chi connectivity index (χ0n) is 26.1. The first kappa shape index (κ1) is 34.5. The van der Waals surface area contributed by atoms with Crippen LogP contribution >= 0.6 is 11.8 Å². The van der Waals surface area contributed by atoms with Gasteiger partial charge in [0.1, 0.15) is 0 Å². The van der Waals surface area contributed by atoms with Crippen LogP contribution in [0.15, 0.2) is 75.7 Å². The van der Waals surface area contributed by atoms with Crippen LogP contribution in [0.3, 0.4) is 0 Å². The molecule has 0 radical (unpaired) electrons. The van der Waals surface area contributed by atoms with Crippen LogP contribution in [0.5, 0.6) is 0 Å². The van der Waals surface area contributed by atoms with Crippen LogP contribution in [0.2, 0.25) is 0 Å². The van der Waals surface area contributed by atoms with Crippen molar-refractivity contribution in [1.29, 1.82) is 0 Å². The molecule has 0 saturated heterocycles. The molecule has 0 aliphatic rings. The van der Waals surface area contributed by atoms with Gasteiger partial charge in [-0.3, -0.25) is 4.55 Å². The summed E-state index contributed by atoms with van der Waals surface area (Å²) in [6, 6.07) is 11.9. The van der Waals surface area contributed by atoms with Crippen LogP contribution in [-0.4, -0.2) is 59.0 Å². The monoisotopic (exact) mass is 641 g/mol. The highest BCUT2D eigenvalue weighted by atomic mass is 32.2. The number of aromatic nitrogens is 3. The molecule has 3 aromatic rings. The molecule has 238 valence electrons. The Bertz CT molecular complexity index is 1600. The predicted octanol–water partition coefficient (Wildman–Crippen LogP) is 5.43. The van der Waals surface area contributed by atoms with Crippen molar-refractivity contribution < 1.29 is 13.0 Å². The number of nitrogen functional groups attached to an aromatic ring is 1. The zero-order chi connectivity index (χ0) is 32.4. The Balaban J connectivity index is 2.02. The summed E-state index contributed by atoms with van der Waals surface area (Å²) in [5.74, 6) is 0.864. The number of hydrogen-bond donors (Lipinski definition) is 5. The van der Waals surface area contributed by atoms with Crippen LogP contribution in [0.1, 0.15) is 47.1 Å². The van der Waals surface area contributed by atoms with Crippen LogP contribution in [-0.2, 0) is 15.9 Å². The number of allylic oxidation sites excluding steroid dienone is 3. The standard InChI is InChI=1S/C30H43N9O3S2/c1-7-38(8-2)20(5)16-26(21(6)31)33-28-35-29(34-27-18-23(14-15-25(27)32)39(9-3)10-4)37-30(36-28)43-19-22-12-11-13-24(17-22)44(40,41)42/h11-18H,7-10,19,31-32H2,1-6H3,(H,40,41,42)(H2,33,34,35,36,37)/b20-16+,26-21-. The van der Waals surface area contributed by atoms with E-state index in [-0.39, 0.29) is 16.8 Å². The number of anilines is 5. The second-order valence-electron chi connectivity index (χ2n) is 9.92. The Morgan fingerprint density at radius 2 is 1.66 bits per heavy atom. The smallest absolute Gasteiger partial charge is 0.294 e. The van der Waals surface area contributed by atoms with E-state index >= 15 is 0 Å². The Morgan fingerprint density at radius 3 is 2.27 bits per heavy atom. The Labute approximate surface area is 264 Å². The maximum Gasteiger partial charge on any atom is 0.294 e. The van der Waals surface area contributed by atoms with Gasteiger partial charge in [-0.05, 0) is 83.5 Å². The fourth-order valence-corrected chi connectivity index (χ4v) is 5.75. The second kappa shape index (κ2) is 15.6. The van der Waals surface area contributed by atoms with Gasteiger partial charge in [0.25, 0.3) is 10.1 Å². The lowest BCUT2D eigenvalue weighted by Gasteiger charge is -2.23. The highest BCUT2D eigenvalue weighted by Gasteiger charge is 2.14.